The number of rotatable bonds is 11. The quantitative estimate of drug-likeness (QED) is 0.257. The van der Waals surface area contributed by atoms with Gasteiger partial charge in [0.1, 0.15) is 12.6 Å². The van der Waals surface area contributed by atoms with Crippen LogP contribution in [0.4, 0.5) is 0 Å². The maximum Gasteiger partial charge on any atom is 0.321 e. The van der Waals surface area contributed by atoms with Crippen molar-refractivity contribution in [3.8, 4) is 11.5 Å². The van der Waals surface area contributed by atoms with Crippen molar-refractivity contribution in [2.75, 3.05) is 20.2 Å². The van der Waals surface area contributed by atoms with Crippen LogP contribution in [0.1, 0.15) is 22.7 Å². The third-order valence-corrected chi connectivity index (χ3v) is 7.31. The SMILES string of the molecule is COc1cccc(C2NC(C(=O)O)C3C(=O)N(CCNCc4ccccc4)C(=O)C23)c1OCc1ccccc1. The van der Waals surface area contributed by atoms with Crippen LogP contribution in [0, 0.1) is 11.8 Å². The van der Waals surface area contributed by atoms with Gasteiger partial charge in [-0.25, -0.2) is 0 Å². The minimum absolute atomic E-state index is 0.159. The number of fused-ring (bicyclic) bond motifs is 1. The molecule has 9 heteroatoms. The van der Waals surface area contributed by atoms with Crippen molar-refractivity contribution in [3.05, 3.63) is 95.6 Å². The van der Waals surface area contributed by atoms with E-state index in [1.807, 2.05) is 60.7 Å². The number of carboxylic acid groups (broad SMARTS) is 1. The van der Waals surface area contributed by atoms with E-state index in [1.54, 1.807) is 18.2 Å². The molecule has 0 aromatic heterocycles. The van der Waals surface area contributed by atoms with Gasteiger partial charge in [0, 0.05) is 31.2 Å². The van der Waals surface area contributed by atoms with Gasteiger partial charge in [0.15, 0.2) is 11.5 Å². The van der Waals surface area contributed by atoms with Gasteiger partial charge in [-0.2, -0.15) is 0 Å². The zero-order valence-corrected chi connectivity index (χ0v) is 21.6. The number of para-hydroxylation sites is 1. The number of hydrogen-bond acceptors (Lipinski definition) is 7. The average Bonchev–Trinajstić information content (AvgIpc) is 3.47. The molecular formula is C30H31N3O6. The molecule has 202 valence electrons. The number of amides is 2. The number of hydrogen-bond donors (Lipinski definition) is 3. The predicted molar refractivity (Wildman–Crippen MR) is 143 cm³/mol. The lowest BCUT2D eigenvalue weighted by Crippen LogP contribution is -2.44. The molecule has 3 N–H and O–H groups in total. The van der Waals surface area contributed by atoms with Crippen molar-refractivity contribution in [2.45, 2.75) is 25.2 Å². The molecule has 0 aliphatic carbocycles. The van der Waals surface area contributed by atoms with E-state index in [1.165, 1.54) is 12.0 Å². The second-order valence-electron chi connectivity index (χ2n) is 9.66. The molecule has 2 heterocycles. The molecule has 4 unspecified atom stereocenters. The van der Waals surface area contributed by atoms with Crippen LogP contribution in [0.2, 0.25) is 0 Å². The van der Waals surface area contributed by atoms with E-state index >= 15 is 0 Å². The van der Waals surface area contributed by atoms with Crippen molar-refractivity contribution < 1.29 is 29.0 Å². The largest absolute Gasteiger partial charge is 0.493 e. The molecule has 0 radical (unpaired) electrons. The Morgan fingerprint density at radius 1 is 0.923 bits per heavy atom. The van der Waals surface area contributed by atoms with Gasteiger partial charge < -0.3 is 19.9 Å². The van der Waals surface area contributed by atoms with Crippen LogP contribution in [-0.2, 0) is 27.5 Å². The molecule has 0 bridgehead atoms. The van der Waals surface area contributed by atoms with Gasteiger partial charge in [-0.15, -0.1) is 0 Å². The van der Waals surface area contributed by atoms with Gasteiger partial charge in [0.2, 0.25) is 11.8 Å². The highest BCUT2D eigenvalue weighted by atomic mass is 16.5. The number of methoxy groups -OCH3 is 1. The highest BCUT2D eigenvalue weighted by Crippen LogP contribution is 2.48. The Morgan fingerprint density at radius 3 is 2.26 bits per heavy atom. The Morgan fingerprint density at radius 2 is 1.59 bits per heavy atom. The number of likely N-dealkylation sites (tertiary alicyclic amines) is 1. The van der Waals surface area contributed by atoms with Crippen molar-refractivity contribution >= 4 is 17.8 Å². The van der Waals surface area contributed by atoms with Crippen LogP contribution in [-0.4, -0.2) is 54.0 Å². The molecular weight excluding hydrogens is 498 g/mol. The number of nitrogens with zero attached hydrogens (tertiary/aromatic N) is 1. The fourth-order valence-electron chi connectivity index (χ4n) is 5.45. The number of imide groups is 1. The van der Waals surface area contributed by atoms with Gasteiger partial charge in [-0.05, 0) is 17.2 Å². The molecule has 3 aromatic rings. The number of ether oxygens (including phenoxy) is 2. The molecule has 2 aliphatic heterocycles. The Labute approximate surface area is 226 Å². The molecule has 2 fully saturated rings. The average molecular weight is 530 g/mol. The third kappa shape index (κ3) is 5.36. The van der Waals surface area contributed by atoms with E-state index in [-0.39, 0.29) is 19.1 Å². The van der Waals surface area contributed by atoms with Gasteiger partial charge >= 0.3 is 5.97 Å². The van der Waals surface area contributed by atoms with Gasteiger partial charge in [0.25, 0.3) is 0 Å². The van der Waals surface area contributed by atoms with Crippen molar-refractivity contribution in [3.63, 3.8) is 0 Å². The molecule has 9 nitrogen and oxygen atoms in total. The van der Waals surface area contributed by atoms with E-state index in [0.717, 1.165) is 11.1 Å². The molecule has 3 aromatic carbocycles. The van der Waals surface area contributed by atoms with Crippen LogP contribution in [0.3, 0.4) is 0 Å². The first-order valence-electron chi connectivity index (χ1n) is 12.9. The number of carbonyl (C=O) groups is 3. The summed E-state index contributed by atoms with van der Waals surface area (Å²) < 4.78 is 11.7. The minimum Gasteiger partial charge on any atom is -0.493 e. The molecule has 2 aliphatic rings. The zero-order chi connectivity index (χ0) is 27.4. The summed E-state index contributed by atoms with van der Waals surface area (Å²) in [5, 5.41) is 16.3. The molecule has 0 spiro atoms. The third-order valence-electron chi connectivity index (χ3n) is 7.31. The van der Waals surface area contributed by atoms with Crippen LogP contribution >= 0.6 is 0 Å². The maximum atomic E-state index is 13.6. The second-order valence-corrected chi connectivity index (χ2v) is 9.66. The molecule has 0 saturated carbocycles. The van der Waals surface area contributed by atoms with Gasteiger partial charge in [-0.3, -0.25) is 24.6 Å². The summed E-state index contributed by atoms with van der Waals surface area (Å²) in [6.45, 7) is 1.40. The Kier molecular flexibility index (Phi) is 7.90. The summed E-state index contributed by atoms with van der Waals surface area (Å²) in [7, 11) is 1.52. The summed E-state index contributed by atoms with van der Waals surface area (Å²) in [6, 6.07) is 22.8. The number of benzene rings is 3. The molecule has 2 saturated heterocycles. The first-order chi connectivity index (χ1) is 19.0. The standard InChI is InChI=1S/C30H31N3O6/c1-38-22-14-8-13-21(27(22)39-18-20-11-6-3-7-12-20)25-23-24(26(32-25)30(36)37)29(35)33(28(23)34)16-15-31-17-19-9-4-2-5-10-19/h2-14,23-26,31-32H,15-18H2,1H3,(H,36,37). The van der Waals surface area contributed by atoms with Crippen LogP contribution in [0.15, 0.2) is 78.9 Å². The van der Waals surface area contributed by atoms with Crippen LogP contribution in [0.25, 0.3) is 0 Å². The van der Waals surface area contributed by atoms with Gasteiger partial charge in [0.05, 0.1) is 18.9 Å². The summed E-state index contributed by atoms with van der Waals surface area (Å²) >= 11 is 0. The first-order valence-corrected chi connectivity index (χ1v) is 12.9. The molecule has 2 amide bonds. The number of carbonyl (C=O) groups excluding carboxylic acids is 2. The Hall–Kier alpha value is -4.21. The Balaban J connectivity index is 1.38. The van der Waals surface area contributed by atoms with Crippen molar-refractivity contribution in [1.82, 2.24) is 15.5 Å². The van der Waals surface area contributed by atoms with Crippen molar-refractivity contribution in [2.24, 2.45) is 11.8 Å². The Bertz CT molecular complexity index is 1330. The summed E-state index contributed by atoms with van der Waals surface area (Å²) in [6.07, 6.45) is 0. The van der Waals surface area contributed by atoms with Crippen LogP contribution < -0.4 is 20.1 Å². The summed E-state index contributed by atoms with van der Waals surface area (Å²) in [5.74, 6) is -3.05. The van der Waals surface area contributed by atoms with E-state index in [0.29, 0.717) is 30.2 Å². The van der Waals surface area contributed by atoms with E-state index < -0.39 is 35.8 Å². The van der Waals surface area contributed by atoms with Gasteiger partial charge in [-0.1, -0.05) is 72.8 Å². The molecule has 39 heavy (non-hydrogen) atoms. The molecule has 4 atom stereocenters. The fourth-order valence-corrected chi connectivity index (χ4v) is 5.45. The lowest BCUT2D eigenvalue weighted by atomic mass is 9.86. The summed E-state index contributed by atoms with van der Waals surface area (Å²) in [5.41, 5.74) is 2.61. The number of carboxylic acids is 1. The minimum atomic E-state index is -1.20. The smallest absolute Gasteiger partial charge is 0.321 e. The normalized spacial score (nSPS) is 22.1. The topological polar surface area (TPSA) is 117 Å². The highest BCUT2D eigenvalue weighted by molar-refractivity contribution is 6.08. The second kappa shape index (κ2) is 11.7. The fraction of sp³-hybridized carbons (Fsp3) is 0.300. The lowest BCUT2D eigenvalue weighted by Gasteiger charge is -2.24. The van der Waals surface area contributed by atoms with Crippen LogP contribution in [0.5, 0.6) is 11.5 Å². The van der Waals surface area contributed by atoms with E-state index in [2.05, 4.69) is 10.6 Å². The monoisotopic (exact) mass is 529 g/mol. The maximum absolute atomic E-state index is 13.6. The first kappa shape index (κ1) is 26.4. The summed E-state index contributed by atoms with van der Waals surface area (Å²) in [4.78, 5) is 40.4. The number of aliphatic carboxylic acids is 1. The van der Waals surface area contributed by atoms with E-state index in [4.69, 9.17) is 9.47 Å². The number of nitrogens with one attached hydrogen (secondary N) is 2. The zero-order valence-electron chi connectivity index (χ0n) is 21.6. The molecule has 5 rings (SSSR count). The van der Waals surface area contributed by atoms with Crippen molar-refractivity contribution in [1.29, 1.82) is 0 Å². The lowest BCUT2D eigenvalue weighted by molar-refractivity contribution is -0.146. The highest BCUT2D eigenvalue weighted by Gasteiger charge is 2.61. The van der Waals surface area contributed by atoms with E-state index in [9.17, 15) is 19.5 Å². The predicted octanol–water partition coefficient (Wildman–Crippen LogP) is 2.76.